The second-order valence-electron chi connectivity index (χ2n) is 4.06. The second-order valence-corrected chi connectivity index (χ2v) is 4.42. The summed E-state index contributed by atoms with van der Waals surface area (Å²) in [6.45, 7) is 0.481. The summed E-state index contributed by atoms with van der Waals surface area (Å²) in [6, 6.07) is 3.30. The number of hydrogen-bond donors (Lipinski definition) is 0. The van der Waals surface area contributed by atoms with E-state index in [-0.39, 0.29) is 11.1 Å². The molecular weight excluding hydrogens is 226 g/mol. The van der Waals surface area contributed by atoms with E-state index in [9.17, 15) is 4.79 Å². The van der Waals surface area contributed by atoms with Crippen molar-refractivity contribution in [3.63, 3.8) is 0 Å². The number of pyridine rings is 1. The molecule has 0 amide bonds. The largest absolute Gasteiger partial charge is 0.462 e. The minimum atomic E-state index is -0.377. The summed E-state index contributed by atoms with van der Waals surface area (Å²) < 4.78 is 5.15. The molecule has 0 radical (unpaired) electrons. The van der Waals surface area contributed by atoms with Gasteiger partial charge in [0.25, 0.3) is 0 Å². The summed E-state index contributed by atoms with van der Waals surface area (Å²) in [7, 11) is 0. The maximum absolute atomic E-state index is 11.6. The highest BCUT2D eigenvalue weighted by molar-refractivity contribution is 6.32. The molecule has 86 valence electrons. The van der Waals surface area contributed by atoms with Crippen LogP contribution in [0.3, 0.4) is 0 Å². The molecule has 1 aliphatic carbocycles. The molecule has 1 heterocycles. The van der Waals surface area contributed by atoms with E-state index in [1.54, 1.807) is 18.3 Å². The zero-order chi connectivity index (χ0) is 11.4. The van der Waals surface area contributed by atoms with Crippen molar-refractivity contribution in [2.24, 2.45) is 5.92 Å². The number of esters is 1. The maximum atomic E-state index is 11.6. The van der Waals surface area contributed by atoms with Crippen LogP contribution < -0.4 is 0 Å². The molecular formula is C12H14ClNO2. The second kappa shape index (κ2) is 5.30. The Morgan fingerprint density at radius 1 is 1.56 bits per heavy atom. The van der Waals surface area contributed by atoms with Gasteiger partial charge in [-0.05, 0) is 24.5 Å². The predicted octanol–water partition coefficient (Wildman–Crippen LogP) is 3.08. The molecule has 1 aliphatic rings. The standard InChI is InChI=1S/C12H14ClNO2/c13-11-10(5-2-7-14-11)12(15)16-8-6-9-3-1-4-9/h2,5,7,9H,1,3-4,6,8H2. The lowest BCUT2D eigenvalue weighted by molar-refractivity contribution is 0.0464. The monoisotopic (exact) mass is 239 g/mol. The van der Waals surface area contributed by atoms with Crippen molar-refractivity contribution in [1.82, 2.24) is 4.98 Å². The van der Waals surface area contributed by atoms with Crippen molar-refractivity contribution < 1.29 is 9.53 Å². The Kier molecular flexibility index (Phi) is 3.78. The third-order valence-corrected chi connectivity index (χ3v) is 3.26. The molecule has 0 saturated heterocycles. The average molecular weight is 240 g/mol. The lowest BCUT2D eigenvalue weighted by Crippen LogP contribution is -2.15. The molecule has 3 nitrogen and oxygen atoms in total. The number of carbonyl (C=O) groups excluding carboxylic acids is 1. The highest BCUT2D eigenvalue weighted by Crippen LogP contribution is 2.29. The van der Waals surface area contributed by atoms with Gasteiger partial charge in [0.2, 0.25) is 0 Å². The molecule has 16 heavy (non-hydrogen) atoms. The molecule has 1 aromatic heterocycles. The molecule has 0 aliphatic heterocycles. The van der Waals surface area contributed by atoms with E-state index >= 15 is 0 Å². The van der Waals surface area contributed by atoms with E-state index in [0.29, 0.717) is 12.2 Å². The van der Waals surface area contributed by atoms with Gasteiger partial charge in [-0.3, -0.25) is 0 Å². The first kappa shape index (κ1) is 11.4. The van der Waals surface area contributed by atoms with Gasteiger partial charge in [-0.1, -0.05) is 30.9 Å². The first-order valence-corrected chi connectivity index (χ1v) is 5.93. The molecule has 1 saturated carbocycles. The number of halogens is 1. The third-order valence-electron chi connectivity index (χ3n) is 2.96. The first-order chi connectivity index (χ1) is 7.77. The summed E-state index contributed by atoms with van der Waals surface area (Å²) in [5, 5.41) is 0.205. The Balaban J connectivity index is 1.81. The average Bonchev–Trinajstić information content (AvgIpc) is 2.22. The molecule has 1 fully saturated rings. The molecule has 2 rings (SSSR count). The maximum Gasteiger partial charge on any atom is 0.341 e. The Morgan fingerprint density at radius 2 is 2.38 bits per heavy atom. The van der Waals surface area contributed by atoms with Crippen LogP contribution in [0.1, 0.15) is 36.0 Å². The number of hydrogen-bond acceptors (Lipinski definition) is 3. The van der Waals surface area contributed by atoms with Gasteiger partial charge in [0.15, 0.2) is 0 Å². The van der Waals surface area contributed by atoms with Gasteiger partial charge >= 0.3 is 5.97 Å². The number of carbonyl (C=O) groups is 1. The van der Waals surface area contributed by atoms with Crippen molar-refractivity contribution in [1.29, 1.82) is 0 Å². The summed E-state index contributed by atoms with van der Waals surface area (Å²) in [5.41, 5.74) is 0.345. The minimum Gasteiger partial charge on any atom is -0.462 e. The van der Waals surface area contributed by atoms with E-state index < -0.39 is 0 Å². The third kappa shape index (κ3) is 2.73. The van der Waals surface area contributed by atoms with Crippen LogP contribution in [0.2, 0.25) is 5.15 Å². The first-order valence-electron chi connectivity index (χ1n) is 5.55. The predicted molar refractivity (Wildman–Crippen MR) is 61.5 cm³/mol. The summed E-state index contributed by atoms with van der Waals surface area (Å²) >= 11 is 5.79. The highest BCUT2D eigenvalue weighted by Gasteiger charge is 2.18. The zero-order valence-corrected chi connectivity index (χ0v) is 9.74. The summed E-state index contributed by atoms with van der Waals surface area (Å²) in [5.74, 6) is 0.370. The van der Waals surface area contributed by atoms with E-state index in [4.69, 9.17) is 16.3 Å². The molecule has 0 atom stereocenters. The lowest BCUT2D eigenvalue weighted by atomic mass is 9.83. The van der Waals surface area contributed by atoms with Crippen molar-refractivity contribution in [3.8, 4) is 0 Å². The van der Waals surface area contributed by atoms with Gasteiger partial charge in [0, 0.05) is 6.20 Å². The highest BCUT2D eigenvalue weighted by atomic mass is 35.5. The van der Waals surface area contributed by atoms with Crippen molar-refractivity contribution in [3.05, 3.63) is 29.0 Å². The van der Waals surface area contributed by atoms with Crippen molar-refractivity contribution in [2.75, 3.05) is 6.61 Å². The summed E-state index contributed by atoms with van der Waals surface area (Å²) in [6.07, 6.45) is 6.36. The minimum absolute atomic E-state index is 0.205. The fourth-order valence-corrected chi connectivity index (χ4v) is 1.91. The van der Waals surface area contributed by atoms with Crippen LogP contribution in [0.15, 0.2) is 18.3 Å². The SMILES string of the molecule is O=C(OCCC1CCC1)c1cccnc1Cl. The normalized spacial score (nSPS) is 15.6. The van der Waals surface area contributed by atoms with Gasteiger partial charge in [-0.15, -0.1) is 0 Å². The molecule has 0 spiro atoms. The molecule has 0 unspecified atom stereocenters. The van der Waals surface area contributed by atoms with E-state index in [0.717, 1.165) is 12.3 Å². The van der Waals surface area contributed by atoms with Crippen molar-refractivity contribution in [2.45, 2.75) is 25.7 Å². The zero-order valence-electron chi connectivity index (χ0n) is 8.99. The van der Waals surface area contributed by atoms with Crippen LogP contribution in [0.25, 0.3) is 0 Å². The Morgan fingerprint density at radius 3 is 3.00 bits per heavy atom. The van der Waals surface area contributed by atoms with Gasteiger partial charge in [-0.2, -0.15) is 0 Å². The number of rotatable bonds is 4. The van der Waals surface area contributed by atoms with Gasteiger partial charge < -0.3 is 4.74 Å². The number of nitrogens with zero attached hydrogens (tertiary/aromatic N) is 1. The van der Waals surface area contributed by atoms with Crippen LogP contribution in [0.4, 0.5) is 0 Å². The lowest BCUT2D eigenvalue weighted by Gasteiger charge is -2.24. The quantitative estimate of drug-likeness (QED) is 0.599. The van der Waals surface area contributed by atoms with Crippen LogP contribution in [-0.2, 0) is 4.74 Å². The van der Waals surface area contributed by atoms with E-state index in [2.05, 4.69) is 4.98 Å². The van der Waals surface area contributed by atoms with E-state index in [1.807, 2.05) is 0 Å². The van der Waals surface area contributed by atoms with Gasteiger partial charge in [0.1, 0.15) is 5.15 Å². The Hall–Kier alpha value is -1.09. The molecule has 0 N–H and O–H groups in total. The van der Waals surface area contributed by atoms with E-state index in [1.165, 1.54) is 19.3 Å². The Bertz CT molecular complexity index is 377. The smallest absolute Gasteiger partial charge is 0.341 e. The molecule has 4 heteroatoms. The van der Waals surface area contributed by atoms with Crippen LogP contribution in [0, 0.1) is 5.92 Å². The Labute approximate surface area is 99.8 Å². The topological polar surface area (TPSA) is 39.2 Å². The molecule has 0 bridgehead atoms. The van der Waals surface area contributed by atoms with Crippen LogP contribution in [-0.4, -0.2) is 17.6 Å². The fourth-order valence-electron chi connectivity index (χ4n) is 1.72. The van der Waals surface area contributed by atoms with Gasteiger partial charge in [-0.25, -0.2) is 9.78 Å². The summed E-state index contributed by atoms with van der Waals surface area (Å²) in [4.78, 5) is 15.4. The van der Waals surface area contributed by atoms with Crippen LogP contribution >= 0.6 is 11.6 Å². The number of aromatic nitrogens is 1. The molecule has 0 aromatic carbocycles. The van der Waals surface area contributed by atoms with Crippen LogP contribution in [0.5, 0.6) is 0 Å². The molecule has 1 aromatic rings. The fraction of sp³-hybridized carbons (Fsp3) is 0.500. The van der Waals surface area contributed by atoms with Gasteiger partial charge in [0.05, 0.1) is 12.2 Å². The van der Waals surface area contributed by atoms with Crippen molar-refractivity contribution >= 4 is 17.6 Å². The number of ether oxygens (including phenoxy) is 1.